The number of halogens is 2. The zero-order valence-corrected chi connectivity index (χ0v) is 11.4. The smallest absolute Gasteiger partial charge is 0.237 e. The molecule has 1 fully saturated rings. The maximum Gasteiger partial charge on any atom is 0.237 e. The lowest BCUT2D eigenvalue weighted by molar-refractivity contribution is 0.498. The number of nitrogens with one attached hydrogen (secondary N) is 2. The van der Waals surface area contributed by atoms with Crippen molar-refractivity contribution in [3.63, 3.8) is 0 Å². The van der Waals surface area contributed by atoms with Gasteiger partial charge in [-0.1, -0.05) is 6.07 Å². The van der Waals surface area contributed by atoms with Crippen LogP contribution in [0.3, 0.4) is 0 Å². The van der Waals surface area contributed by atoms with Crippen molar-refractivity contribution < 1.29 is 17.2 Å². The molecule has 1 aliphatic rings. The molecule has 0 saturated carbocycles. The molecule has 1 aromatic carbocycles. The molecule has 0 bridgehead atoms. The highest BCUT2D eigenvalue weighted by molar-refractivity contribution is 7.93. The molecular formula is C12H16F2N2O2S. The number of anilines is 1. The topological polar surface area (TPSA) is 58.2 Å². The van der Waals surface area contributed by atoms with Gasteiger partial charge in [0.2, 0.25) is 10.0 Å². The first-order valence-corrected chi connectivity index (χ1v) is 7.63. The highest BCUT2D eigenvalue weighted by Gasteiger charge is 2.29. The first-order chi connectivity index (χ1) is 8.92. The Bertz CT molecular complexity index is 569. The zero-order chi connectivity index (χ0) is 14.0. The van der Waals surface area contributed by atoms with Crippen LogP contribution in [0.15, 0.2) is 12.1 Å². The van der Waals surface area contributed by atoms with Crippen molar-refractivity contribution in [2.45, 2.75) is 25.0 Å². The van der Waals surface area contributed by atoms with E-state index >= 15 is 0 Å². The Balaban J connectivity index is 2.27. The Kier molecular flexibility index (Phi) is 4.05. The van der Waals surface area contributed by atoms with E-state index in [-0.39, 0.29) is 5.56 Å². The number of rotatable bonds is 3. The fraction of sp³-hybridized carbons (Fsp3) is 0.500. The van der Waals surface area contributed by atoms with Crippen molar-refractivity contribution in [1.29, 1.82) is 0 Å². The van der Waals surface area contributed by atoms with E-state index in [0.29, 0.717) is 13.0 Å². The van der Waals surface area contributed by atoms with Crippen molar-refractivity contribution in [3.8, 4) is 0 Å². The van der Waals surface area contributed by atoms with Gasteiger partial charge in [0.25, 0.3) is 0 Å². The van der Waals surface area contributed by atoms with Crippen LogP contribution in [-0.2, 0) is 10.0 Å². The predicted octanol–water partition coefficient (Wildman–Crippen LogP) is 1.77. The number of benzene rings is 1. The lowest BCUT2D eigenvalue weighted by Gasteiger charge is -2.23. The molecular weight excluding hydrogens is 274 g/mol. The molecule has 0 radical (unpaired) electrons. The van der Waals surface area contributed by atoms with Crippen molar-refractivity contribution in [2.24, 2.45) is 0 Å². The first kappa shape index (κ1) is 14.2. The monoisotopic (exact) mass is 290 g/mol. The van der Waals surface area contributed by atoms with E-state index in [1.54, 1.807) is 0 Å². The van der Waals surface area contributed by atoms with Crippen LogP contribution in [0.1, 0.15) is 18.4 Å². The Morgan fingerprint density at radius 3 is 2.74 bits per heavy atom. The normalized spacial score (nSPS) is 20.3. The second kappa shape index (κ2) is 5.42. The fourth-order valence-electron chi connectivity index (χ4n) is 2.06. The molecule has 106 valence electrons. The van der Waals surface area contributed by atoms with Crippen LogP contribution in [0.2, 0.25) is 0 Å². The summed E-state index contributed by atoms with van der Waals surface area (Å²) in [5.41, 5.74) is -0.397. The van der Waals surface area contributed by atoms with E-state index in [1.807, 2.05) is 4.72 Å². The van der Waals surface area contributed by atoms with E-state index in [1.165, 1.54) is 13.0 Å². The van der Waals surface area contributed by atoms with Gasteiger partial charge in [0, 0.05) is 6.54 Å². The van der Waals surface area contributed by atoms with Gasteiger partial charge in [-0.25, -0.2) is 17.2 Å². The van der Waals surface area contributed by atoms with E-state index in [0.717, 1.165) is 19.0 Å². The lowest BCUT2D eigenvalue weighted by Crippen LogP contribution is -2.41. The summed E-state index contributed by atoms with van der Waals surface area (Å²) in [4.78, 5) is 0. The molecule has 1 unspecified atom stereocenters. The highest BCUT2D eigenvalue weighted by atomic mass is 32.2. The summed E-state index contributed by atoms with van der Waals surface area (Å²) in [5, 5.41) is 2.29. The number of hydrogen-bond acceptors (Lipinski definition) is 3. The van der Waals surface area contributed by atoms with Crippen molar-refractivity contribution in [3.05, 3.63) is 29.3 Å². The molecule has 1 aromatic rings. The predicted molar refractivity (Wildman–Crippen MR) is 69.5 cm³/mol. The SMILES string of the molecule is Cc1ccc(F)c(NS(=O)(=O)C2CCCNC2)c1F. The molecule has 2 rings (SSSR count). The Labute approximate surface area is 111 Å². The Morgan fingerprint density at radius 2 is 2.11 bits per heavy atom. The number of aryl methyl sites for hydroxylation is 1. The Morgan fingerprint density at radius 1 is 1.37 bits per heavy atom. The maximum atomic E-state index is 13.8. The third-order valence-corrected chi connectivity index (χ3v) is 4.99. The molecule has 19 heavy (non-hydrogen) atoms. The maximum absolute atomic E-state index is 13.8. The van der Waals surface area contributed by atoms with Crippen LogP contribution in [0.5, 0.6) is 0 Å². The van der Waals surface area contributed by atoms with Crippen LogP contribution in [0.25, 0.3) is 0 Å². The molecule has 1 aliphatic heterocycles. The largest absolute Gasteiger partial charge is 0.315 e. The molecule has 7 heteroatoms. The minimum atomic E-state index is -3.79. The van der Waals surface area contributed by atoms with Gasteiger partial charge >= 0.3 is 0 Å². The summed E-state index contributed by atoms with van der Waals surface area (Å²) in [6.45, 7) is 2.51. The summed E-state index contributed by atoms with van der Waals surface area (Å²) >= 11 is 0. The van der Waals surface area contributed by atoms with Gasteiger partial charge in [-0.15, -0.1) is 0 Å². The van der Waals surface area contributed by atoms with Crippen LogP contribution >= 0.6 is 0 Å². The number of hydrogen-bond donors (Lipinski definition) is 2. The van der Waals surface area contributed by atoms with Gasteiger partial charge in [0.05, 0.1) is 5.25 Å². The van der Waals surface area contributed by atoms with E-state index in [2.05, 4.69) is 5.32 Å². The number of sulfonamides is 1. The summed E-state index contributed by atoms with van der Waals surface area (Å²) in [7, 11) is -3.79. The molecule has 0 amide bonds. The quantitative estimate of drug-likeness (QED) is 0.892. The summed E-state index contributed by atoms with van der Waals surface area (Å²) in [6, 6.07) is 2.32. The molecule has 0 spiro atoms. The molecule has 1 saturated heterocycles. The van der Waals surface area contributed by atoms with Gasteiger partial charge in [-0.05, 0) is 37.9 Å². The molecule has 0 aromatic heterocycles. The van der Waals surface area contributed by atoms with Crippen molar-refractivity contribution in [2.75, 3.05) is 17.8 Å². The second-order valence-corrected chi connectivity index (χ2v) is 6.63. The molecule has 1 heterocycles. The van der Waals surface area contributed by atoms with E-state index in [4.69, 9.17) is 0 Å². The average Bonchev–Trinajstić information content (AvgIpc) is 2.40. The minimum Gasteiger partial charge on any atom is -0.315 e. The van der Waals surface area contributed by atoms with Crippen LogP contribution in [0, 0.1) is 18.6 Å². The molecule has 0 aliphatic carbocycles. The van der Waals surface area contributed by atoms with Crippen LogP contribution in [-0.4, -0.2) is 26.8 Å². The third-order valence-electron chi connectivity index (χ3n) is 3.22. The molecule has 1 atom stereocenters. The van der Waals surface area contributed by atoms with Gasteiger partial charge < -0.3 is 5.32 Å². The molecule has 2 N–H and O–H groups in total. The van der Waals surface area contributed by atoms with Gasteiger partial charge in [0.15, 0.2) is 5.82 Å². The Hall–Kier alpha value is -1.21. The summed E-state index contributed by atoms with van der Waals surface area (Å²) < 4.78 is 53.5. The second-order valence-electron chi connectivity index (χ2n) is 4.67. The fourth-order valence-corrected chi connectivity index (χ4v) is 3.51. The van der Waals surface area contributed by atoms with E-state index < -0.39 is 32.6 Å². The van der Waals surface area contributed by atoms with Crippen LogP contribution in [0.4, 0.5) is 14.5 Å². The highest BCUT2D eigenvalue weighted by Crippen LogP contribution is 2.24. The minimum absolute atomic E-state index is 0.195. The molecule has 4 nitrogen and oxygen atoms in total. The third kappa shape index (κ3) is 3.03. The van der Waals surface area contributed by atoms with E-state index in [9.17, 15) is 17.2 Å². The summed E-state index contributed by atoms with van der Waals surface area (Å²) in [5.74, 6) is -1.78. The lowest BCUT2D eigenvalue weighted by atomic mass is 10.2. The van der Waals surface area contributed by atoms with Crippen molar-refractivity contribution >= 4 is 15.7 Å². The van der Waals surface area contributed by atoms with Gasteiger partial charge in [-0.3, -0.25) is 4.72 Å². The number of piperidine rings is 1. The summed E-state index contributed by atoms with van der Waals surface area (Å²) in [6.07, 6.45) is 1.21. The average molecular weight is 290 g/mol. The van der Waals surface area contributed by atoms with Crippen LogP contribution < -0.4 is 10.0 Å². The zero-order valence-electron chi connectivity index (χ0n) is 10.5. The first-order valence-electron chi connectivity index (χ1n) is 6.09. The van der Waals surface area contributed by atoms with Gasteiger partial charge in [0.1, 0.15) is 11.5 Å². The van der Waals surface area contributed by atoms with Gasteiger partial charge in [-0.2, -0.15) is 0 Å². The van der Waals surface area contributed by atoms with Crippen molar-refractivity contribution in [1.82, 2.24) is 5.32 Å². The standard InChI is InChI=1S/C12H16F2N2O2S/c1-8-4-5-10(13)12(11(8)14)16-19(17,18)9-3-2-6-15-7-9/h4-5,9,15-16H,2-3,6-7H2,1H3.